The van der Waals surface area contributed by atoms with E-state index in [1.54, 1.807) is 48.5 Å². The van der Waals surface area contributed by atoms with Crippen LogP contribution in [0.2, 0.25) is 0 Å². The van der Waals surface area contributed by atoms with E-state index in [1.807, 2.05) is 6.07 Å². The molecule has 0 unspecified atom stereocenters. The molecule has 0 heterocycles. The maximum atomic E-state index is 12.4. The van der Waals surface area contributed by atoms with Crippen LogP contribution in [-0.4, -0.2) is 11.9 Å². The van der Waals surface area contributed by atoms with Crippen molar-refractivity contribution in [2.75, 3.05) is 0 Å². The Labute approximate surface area is 171 Å². The molecule has 0 radical (unpaired) electrons. The Kier molecular flexibility index (Phi) is 7.02. The molecule has 1 fully saturated rings. The van der Waals surface area contributed by atoms with E-state index < -0.39 is 5.97 Å². The molecule has 0 spiro atoms. The van der Waals surface area contributed by atoms with Crippen LogP contribution in [0.15, 0.2) is 48.5 Å². The van der Waals surface area contributed by atoms with Crippen molar-refractivity contribution in [2.24, 2.45) is 11.8 Å². The minimum absolute atomic E-state index is 0.0378. The molecule has 3 rings (SSSR count). The molecular weight excluding hydrogens is 366 g/mol. The maximum absolute atomic E-state index is 12.4. The highest BCUT2D eigenvalue weighted by molar-refractivity contribution is 5.91. The van der Waals surface area contributed by atoms with Crippen LogP contribution >= 0.6 is 0 Å². The molecule has 2 aromatic rings. The first-order valence-corrected chi connectivity index (χ1v) is 10.1. The first-order chi connectivity index (χ1) is 14.1. The van der Waals surface area contributed by atoms with Gasteiger partial charge in [-0.1, -0.05) is 19.8 Å². The highest BCUT2D eigenvalue weighted by Crippen LogP contribution is 2.32. The quantitative estimate of drug-likeness (QED) is 0.494. The first-order valence-electron chi connectivity index (χ1n) is 10.1. The number of carbonyl (C=O) groups is 2. The van der Waals surface area contributed by atoms with Crippen molar-refractivity contribution < 1.29 is 19.1 Å². The molecular formula is C24H25NO4. The second kappa shape index (κ2) is 9.88. The van der Waals surface area contributed by atoms with Gasteiger partial charge < -0.3 is 9.47 Å². The average Bonchev–Trinajstić information content (AvgIpc) is 2.75. The molecule has 1 aliphatic rings. The molecule has 0 atom stereocenters. The van der Waals surface area contributed by atoms with Gasteiger partial charge in [0.15, 0.2) is 0 Å². The van der Waals surface area contributed by atoms with Crippen LogP contribution in [0, 0.1) is 23.2 Å². The number of hydrogen-bond acceptors (Lipinski definition) is 5. The van der Waals surface area contributed by atoms with Gasteiger partial charge in [0.25, 0.3) is 0 Å². The zero-order valence-corrected chi connectivity index (χ0v) is 16.6. The van der Waals surface area contributed by atoms with Gasteiger partial charge in [-0.2, -0.15) is 5.26 Å². The summed E-state index contributed by atoms with van der Waals surface area (Å²) in [6.45, 7) is 2.20. The Bertz CT molecular complexity index is 873. The molecule has 0 aliphatic heterocycles. The van der Waals surface area contributed by atoms with Crippen LogP contribution in [0.5, 0.6) is 11.5 Å². The lowest BCUT2D eigenvalue weighted by molar-refractivity contribution is -0.140. The van der Waals surface area contributed by atoms with Crippen LogP contribution in [0.25, 0.3) is 0 Å². The largest absolute Gasteiger partial charge is 0.426 e. The first kappa shape index (κ1) is 20.6. The molecule has 0 aromatic heterocycles. The molecule has 0 N–H and O–H groups in total. The maximum Gasteiger partial charge on any atom is 0.343 e. The Balaban J connectivity index is 1.52. The van der Waals surface area contributed by atoms with Crippen LogP contribution in [-0.2, 0) is 4.79 Å². The minimum Gasteiger partial charge on any atom is -0.426 e. The van der Waals surface area contributed by atoms with Crippen LogP contribution in [0.4, 0.5) is 0 Å². The topological polar surface area (TPSA) is 76.4 Å². The van der Waals surface area contributed by atoms with Gasteiger partial charge in [-0.3, -0.25) is 4.79 Å². The summed E-state index contributed by atoms with van der Waals surface area (Å²) in [5, 5.41) is 8.80. The number of benzene rings is 2. The van der Waals surface area contributed by atoms with E-state index in [1.165, 1.54) is 12.8 Å². The van der Waals surface area contributed by atoms with Crippen LogP contribution in [0.1, 0.15) is 61.4 Å². The number of hydrogen-bond donors (Lipinski definition) is 0. The third-order valence-corrected chi connectivity index (χ3v) is 5.38. The van der Waals surface area contributed by atoms with Gasteiger partial charge >= 0.3 is 11.9 Å². The van der Waals surface area contributed by atoms with Crippen molar-refractivity contribution in [3.05, 3.63) is 59.7 Å². The third-order valence-electron chi connectivity index (χ3n) is 5.38. The van der Waals surface area contributed by atoms with Crippen molar-refractivity contribution >= 4 is 11.9 Å². The lowest BCUT2D eigenvalue weighted by Gasteiger charge is -2.26. The van der Waals surface area contributed by atoms with E-state index in [0.29, 0.717) is 22.6 Å². The summed E-state index contributed by atoms with van der Waals surface area (Å²) in [4.78, 5) is 24.6. The standard InChI is InChI=1S/C24H25NO4/c1-2-3-17-4-8-19(9-5-17)23(26)29-22-14-10-20(11-15-22)24(27)28-21-12-6-18(16-25)7-13-21/h6-7,10-15,17,19H,2-5,8-9H2,1H3. The fourth-order valence-electron chi connectivity index (χ4n) is 3.72. The molecule has 29 heavy (non-hydrogen) atoms. The van der Waals surface area contributed by atoms with E-state index in [-0.39, 0.29) is 11.9 Å². The van der Waals surface area contributed by atoms with Crippen LogP contribution < -0.4 is 9.47 Å². The molecule has 0 saturated heterocycles. The summed E-state index contributed by atoms with van der Waals surface area (Å²) in [6, 6.07) is 14.7. The number of ether oxygens (including phenoxy) is 2. The molecule has 2 aromatic carbocycles. The Morgan fingerprint density at radius 3 is 2.10 bits per heavy atom. The lowest BCUT2D eigenvalue weighted by Crippen LogP contribution is -2.25. The SMILES string of the molecule is CCCC1CCC(C(=O)Oc2ccc(C(=O)Oc3ccc(C#N)cc3)cc2)CC1. The monoisotopic (exact) mass is 391 g/mol. The van der Waals surface area contributed by atoms with Gasteiger partial charge in [0.05, 0.1) is 23.1 Å². The van der Waals surface area contributed by atoms with E-state index in [4.69, 9.17) is 14.7 Å². The number of rotatable bonds is 6. The predicted octanol–water partition coefficient (Wildman–Crippen LogP) is 5.29. The summed E-state index contributed by atoms with van der Waals surface area (Å²) in [6.07, 6.45) is 6.39. The second-order valence-corrected chi connectivity index (χ2v) is 7.48. The summed E-state index contributed by atoms with van der Waals surface area (Å²) < 4.78 is 10.8. The summed E-state index contributed by atoms with van der Waals surface area (Å²) in [5.41, 5.74) is 0.851. The normalized spacial score (nSPS) is 18.5. The van der Waals surface area contributed by atoms with E-state index >= 15 is 0 Å². The predicted molar refractivity (Wildman–Crippen MR) is 109 cm³/mol. The number of nitriles is 1. The summed E-state index contributed by atoms with van der Waals surface area (Å²) >= 11 is 0. The molecule has 150 valence electrons. The molecule has 5 heteroatoms. The second-order valence-electron chi connectivity index (χ2n) is 7.48. The highest BCUT2D eigenvalue weighted by atomic mass is 16.5. The van der Waals surface area contributed by atoms with Gasteiger partial charge in [-0.05, 0) is 80.1 Å². The summed E-state index contributed by atoms with van der Waals surface area (Å²) in [7, 11) is 0. The number of esters is 2. The molecule has 5 nitrogen and oxygen atoms in total. The van der Waals surface area contributed by atoms with Crippen molar-refractivity contribution in [1.82, 2.24) is 0 Å². The fourth-order valence-corrected chi connectivity index (χ4v) is 3.72. The average molecular weight is 391 g/mol. The minimum atomic E-state index is -0.512. The van der Waals surface area contributed by atoms with Crippen molar-refractivity contribution in [3.63, 3.8) is 0 Å². The zero-order chi connectivity index (χ0) is 20.6. The summed E-state index contributed by atoms with van der Waals surface area (Å²) in [5.74, 6) is 0.799. The highest BCUT2D eigenvalue weighted by Gasteiger charge is 2.27. The van der Waals surface area contributed by atoms with Crippen molar-refractivity contribution in [1.29, 1.82) is 5.26 Å². The van der Waals surface area contributed by atoms with Gasteiger partial charge in [-0.15, -0.1) is 0 Å². The van der Waals surface area contributed by atoms with E-state index in [2.05, 4.69) is 6.92 Å². The fraction of sp³-hybridized carbons (Fsp3) is 0.375. The van der Waals surface area contributed by atoms with Crippen molar-refractivity contribution in [3.8, 4) is 17.6 Å². The van der Waals surface area contributed by atoms with Crippen LogP contribution in [0.3, 0.4) is 0 Å². The Morgan fingerprint density at radius 1 is 0.931 bits per heavy atom. The smallest absolute Gasteiger partial charge is 0.343 e. The number of nitrogens with zero attached hydrogens (tertiary/aromatic N) is 1. The van der Waals surface area contributed by atoms with Crippen molar-refractivity contribution in [2.45, 2.75) is 45.4 Å². The molecule has 0 amide bonds. The molecule has 1 saturated carbocycles. The number of carbonyl (C=O) groups excluding carboxylic acids is 2. The zero-order valence-electron chi connectivity index (χ0n) is 16.6. The van der Waals surface area contributed by atoms with Gasteiger partial charge in [0.2, 0.25) is 0 Å². The Hall–Kier alpha value is -3.13. The van der Waals surface area contributed by atoms with Gasteiger partial charge in [0.1, 0.15) is 11.5 Å². The molecule has 1 aliphatic carbocycles. The van der Waals surface area contributed by atoms with E-state index in [0.717, 1.165) is 31.6 Å². The lowest BCUT2D eigenvalue weighted by atomic mass is 9.80. The van der Waals surface area contributed by atoms with Gasteiger partial charge in [-0.25, -0.2) is 4.79 Å². The Morgan fingerprint density at radius 2 is 1.52 bits per heavy atom. The molecule has 0 bridgehead atoms. The van der Waals surface area contributed by atoms with E-state index in [9.17, 15) is 9.59 Å². The third kappa shape index (κ3) is 5.68. The van der Waals surface area contributed by atoms with Gasteiger partial charge in [0, 0.05) is 0 Å².